The minimum absolute atomic E-state index is 0. The molecule has 1 aromatic heterocycles. The van der Waals surface area contributed by atoms with Crippen LogP contribution in [0.1, 0.15) is 36.4 Å². The summed E-state index contributed by atoms with van der Waals surface area (Å²) in [7, 11) is 0. The summed E-state index contributed by atoms with van der Waals surface area (Å²) >= 11 is 13.7. The number of aliphatic imine (C=N–C) groups is 1. The second kappa shape index (κ2) is 9.66. The van der Waals surface area contributed by atoms with Crippen molar-refractivity contribution in [2.75, 3.05) is 6.54 Å². The molecule has 1 heterocycles. The number of nitrogens with one attached hydrogen (secondary N) is 1. The number of halogens is 3. The third-order valence-corrected chi connectivity index (χ3v) is 4.77. The summed E-state index contributed by atoms with van der Waals surface area (Å²) in [4.78, 5) is 8.65. The van der Waals surface area contributed by atoms with Gasteiger partial charge >= 0.3 is 0 Å². The molecule has 0 bridgehead atoms. The van der Waals surface area contributed by atoms with Crippen molar-refractivity contribution in [3.63, 3.8) is 0 Å². The third kappa shape index (κ3) is 6.10. The lowest BCUT2D eigenvalue weighted by molar-refractivity contribution is 0.698. The number of aromatic nitrogens is 1. The van der Waals surface area contributed by atoms with Crippen LogP contribution in [0.15, 0.2) is 34.8 Å². The number of hydrogen-bond donors (Lipinski definition) is 2. The standard InChI is InChI=1S/C15H18Cl2N4S.HI/c1-9(14-19-5-6-22-14)8-20-15(18)21-10(2)12-4-3-11(16)7-13(12)17;/h3-7,9-10H,8H2,1-2H3,(H3,18,20,21);1H. The lowest BCUT2D eigenvalue weighted by Gasteiger charge is -2.17. The summed E-state index contributed by atoms with van der Waals surface area (Å²) in [6, 6.07) is 5.35. The quantitative estimate of drug-likeness (QED) is 0.362. The lowest BCUT2D eigenvalue weighted by Crippen LogP contribution is -2.34. The van der Waals surface area contributed by atoms with Gasteiger partial charge in [0.25, 0.3) is 0 Å². The van der Waals surface area contributed by atoms with Gasteiger partial charge < -0.3 is 11.1 Å². The van der Waals surface area contributed by atoms with E-state index in [1.165, 1.54) is 0 Å². The number of thiazole rings is 1. The van der Waals surface area contributed by atoms with Crippen molar-refractivity contribution in [3.8, 4) is 0 Å². The highest BCUT2D eigenvalue weighted by Gasteiger charge is 2.11. The molecule has 8 heteroatoms. The minimum atomic E-state index is -0.0521. The Kier molecular flexibility index (Phi) is 8.60. The second-order valence-corrected chi connectivity index (χ2v) is 6.80. The van der Waals surface area contributed by atoms with Crippen LogP contribution in [-0.2, 0) is 0 Å². The molecule has 2 atom stereocenters. The molecule has 2 rings (SSSR count). The van der Waals surface area contributed by atoms with Crippen LogP contribution in [0.25, 0.3) is 0 Å². The van der Waals surface area contributed by atoms with Crippen LogP contribution in [0, 0.1) is 0 Å². The molecule has 4 nitrogen and oxygen atoms in total. The Balaban J connectivity index is 0.00000264. The van der Waals surface area contributed by atoms with Crippen molar-refractivity contribution < 1.29 is 0 Å². The smallest absolute Gasteiger partial charge is 0.189 e. The van der Waals surface area contributed by atoms with Crippen LogP contribution in [0.4, 0.5) is 0 Å². The van der Waals surface area contributed by atoms with Crippen LogP contribution in [-0.4, -0.2) is 17.5 Å². The number of guanidine groups is 1. The molecule has 0 spiro atoms. The van der Waals surface area contributed by atoms with E-state index in [0.29, 0.717) is 22.5 Å². The van der Waals surface area contributed by atoms with Crippen molar-refractivity contribution >= 4 is 64.5 Å². The average molecular weight is 485 g/mol. The number of nitrogens with two attached hydrogens (primary N) is 1. The monoisotopic (exact) mass is 484 g/mol. The first kappa shape index (κ1) is 20.5. The molecule has 0 saturated heterocycles. The van der Waals surface area contributed by atoms with Crippen molar-refractivity contribution in [1.82, 2.24) is 10.3 Å². The molecular weight excluding hydrogens is 466 g/mol. The Morgan fingerprint density at radius 3 is 2.74 bits per heavy atom. The molecule has 0 amide bonds. The molecule has 2 unspecified atom stereocenters. The highest BCUT2D eigenvalue weighted by molar-refractivity contribution is 14.0. The zero-order valence-corrected chi connectivity index (χ0v) is 17.5. The largest absolute Gasteiger partial charge is 0.370 e. The van der Waals surface area contributed by atoms with E-state index in [1.54, 1.807) is 29.7 Å². The lowest BCUT2D eigenvalue weighted by atomic mass is 10.1. The van der Waals surface area contributed by atoms with Crippen LogP contribution < -0.4 is 11.1 Å². The molecule has 0 aliphatic rings. The van der Waals surface area contributed by atoms with Gasteiger partial charge in [0.05, 0.1) is 17.6 Å². The Bertz CT molecular complexity index is 649. The predicted molar refractivity (Wildman–Crippen MR) is 110 cm³/mol. The van der Waals surface area contributed by atoms with Crippen molar-refractivity contribution in [2.45, 2.75) is 25.8 Å². The molecular formula is C15H19Cl2IN4S. The maximum Gasteiger partial charge on any atom is 0.189 e. The van der Waals surface area contributed by atoms with Gasteiger partial charge in [-0.15, -0.1) is 35.3 Å². The van der Waals surface area contributed by atoms with E-state index in [0.717, 1.165) is 10.6 Å². The van der Waals surface area contributed by atoms with Gasteiger partial charge in [0.15, 0.2) is 5.96 Å². The highest BCUT2D eigenvalue weighted by atomic mass is 127. The van der Waals surface area contributed by atoms with Gasteiger partial charge in [-0.1, -0.05) is 36.2 Å². The molecule has 2 aromatic rings. The Morgan fingerprint density at radius 2 is 2.13 bits per heavy atom. The SMILES string of the molecule is CC(CN=C(N)NC(C)c1ccc(Cl)cc1Cl)c1nccs1.I. The normalized spacial score (nSPS) is 14.0. The third-order valence-electron chi connectivity index (χ3n) is 3.20. The van der Waals surface area contributed by atoms with E-state index in [9.17, 15) is 0 Å². The van der Waals surface area contributed by atoms with Gasteiger partial charge in [-0.25, -0.2) is 4.98 Å². The zero-order chi connectivity index (χ0) is 16.1. The van der Waals surface area contributed by atoms with Crippen LogP contribution in [0.2, 0.25) is 10.0 Å². The summed E-state index contributed by atoms with van der Waals surface area (Å²) in [6.07, 6.45) is 1.80. The maximum absolute atomic E-state index is 6.19. The van der Waals surface area contributed by atoms with Gasteiger partial charge in [-0.3, -0.25) is 4.99 Å². The van der Waals surface area contributed by atoms with Gasteiger partial charge in [0.2, 0.25) is 0 Å². The minimum Gasteiger partial charge on any atom is -0.370 e. The van der Waals surface area contributed by atoms with E-state index in [-0.39, 0.29) is 35.9 Å². The summed E-state index contributed by atoms with van der Waals surface area (Å²) in [6.45, 7) is 4.64. The maximum atomic E-state index is 6.19. The van der Waals surface area contributed by atoms with E-state index in [4.69, 9.17) is 28.9 Å². The Hall–Kier alpha value is -0.570. The number of rotatable bonds is 5. The first-order chi connectivity index (χ1) is 10.5. The summed E-state index contributed by atoms with van der Waals surface area (Å²) in [5.74, 6) is 0.636. The number of hydrogen-bond acceptors (Lipinski definition) is 3. The van der Waals surface area contributed by atoms with Gasteiger partial charge in [-0.05, 0) is 24.6 Å². The van der Waals surface area contributed by atoms with Crippen molar-refractivity contribution in [3.05, 3.63) is 50.4 Å². The van der Waals surface area contributed by atoms with Gasteiger partial charge in [0, 0.05) is 27.5 Å². The number of benzene rings is 1. The van der Waals surface area contributed by atoms with E-state index >= 15 is 0 Å². The predicted octanol–water partition coefficient (Wildman–Crippen LogP) is 4.84. The van der Waals surface area contributed by atoms with Crippen LogP contribution in [0.5, 0.6) is 0 Å². The molecule has 0 saturated carbocycles. The molecule has 23 heavy (non-hydrogen) atoms. The van der Waals surface area contributed by atoms with Crippen LogP contribution >= 0.6 is 58.5 Å². The van der Waals surface area contributed by atoms with Crippen molar-refractivity contribution in [2.24, 2.45) is 10.7 Å². The first-order valence-corrected chi connectivity index (χ1v) is 8.51. The molecule has 0 aliphatic carbocycles. The summed E-state index contributed by atoms with van der Waals surface area (Å²) in [5, 5.41) is 7.38. The first-order valence-electron chi connectivity index (χ1n) is 6.88. The fourth-order valence-corrected chi connectivity index (χ4v) is 3.25. The molecule has 1 aromatic carbocycles. The topological polar surface area (TPSA) is 63.3 Å². The summed E-state index contributed by atoms with van der Waals surface area (Å²) < 4.78 is 0. The summed E-state index contributed by atoms with van der Waals surface area (Å²) in [5.41, 5.74) is 6.87. The average Bonchev–Trinajstić information content (AvgIpc) is 2.98. The van der Waals surface area contributed by atoms with E-state index in [2.05, 4.69) is 22.2 Å². The fourth-order valence-electron chi connectivity index (χ4n) is 1.99. The fraction of sp³-hybridized carbons (Fsp3) is 0.333. The molecule has 0 radical (unpaired) electrons. The highest BCUT2D eigenvalue weighted by Crippen LogP contribution is 2.26. The van der Waals surface area contributed by atoms with E-state index in [1.807, 2.05) is 18.4 Å². The second-order valence-electron chi connectivity index (χ2n) is 5.03. The van der Waals surface area contributed by atoms with Crippen LogP contribution in [0.3, 0.4) is 0 Å². The molecule has 126 valence electrons. The number of nitrogens with zero attached hydrogens (tertiary/aromatic N) is 2. The Labute approximate surface area is 167 Å². The molecule has 0 fully saturated rings. The molecule has 0 aliphatic heterocycles. The Morgan fingerprint density at radius 1 is 1.39 bits per heavy atom. The molecule has 3 N–H and O–H groups in total. The van der Waals surface area contributed by atoms with Crippen molar-refractivity contribution in [1.29, 1.82) is 0 Å². The van der Waals surface area contributed by atoms with Gasteiger partial charge in [-0.2, -0.15) is 0 Å². The van der Waals surface area contributed by atoms with E-state index < -0.39 is 0 Å². The van der Waals surface area contributed by atoms with Gasteiger partial charge in [0.1, 0.15) is 0 Å². The zero-order valence-electron chi connectivity index (χ0n) is 12.8.